The van der Waals surface area contributed by atoms with Crippen LogP contribution < -0.4 is 5.63 Å². The highest BCUT2D eigenvalue weighted by atomic mass is 19.1. The van der Waals surface area contributed by atoms with Gasteiger partial charge < -0.3 is 9.32 Å². The van der Waals surface area contributed by atoms with Gasteiger partial charge in [0.2, 0.25) is 0 Å². The van der Waals surface area contributed by atoms with E-state index in [0.29, 0.717) is 11.0 Å². The van der Waals surface area contributed by atoms with Crippen LogP contribution in [-0.4, -0.2) is 16.8 Å². The number of carbonyl (C=O) groups is 1. The van der Waals surface area contributed by atoms with E-state index in [2.05, 4.69) is 0 Å². The van der Waals surface area contributed by atoms with Crippen molar-refractivity contribution in [1.82, 2.24) is 4.90 Å². The molecule has 6 heteroatoms. The Morgan fingerprint density at radius 2 is 1.88 bits per heavy atom. The van der Waals surface area contributed by atoms with Crippen LogP contribution in [0.15, 0.2) is 57.7 Å². The Kier molecular flexibility index (Phi) is 4.03. The predicted octanol–water partition coefficient (Wildman–Crippen LogP) is 3.88. The average molecular weight is 355 g/mol. The highest BCUT2D eigenvalue weighted by molar-refractivity contribution is 5.97. The largest absolute Gasteiger partial charge is 0.422 e. The molecule has 1 aromatic heterocycles. The number of halogens is 2. The molecular weight excluding hydrogens is 340 g/mol. The Balaban J connectivity index is 1.70. The van der Waals surface area contributed by atoms with Crippen LogP contribution in [-0.2, 0) is 6.54 Å². The summed E-state index contributed by atoms with van der Waals surface area (Å²) in [6.07, 6.45) is 1.57. The van der Waals surface area contributed by atoms with Crippen molar-refractivity contribution >= 4 is 16.9 Å². The Bertz CT molecular complexity index is 1060. The fourth-order valence-corrected chi connectivity index (χ4v) is 2.95. The lowest BCUT2D eigenvalue weighted by molar-refractivity contribution is 0.0724. The minimum absolute atomic E-state index is 0.0259. The van der Waals surface area contributed by atoms with E-state index in [1.54, 1.807) is 24.3 Å². The SMILES string of the molecule is O=C(c1cc2ccccc2oc1=O)N(Cc1ccc(F)cc1F)C1CC1. The van der Waals surface area contributed by atoms with Crippen molar-refractivity contribution < 1.29 is 18.0 Å². The lowest BCUT2D eigenvalue weighted by Gasteiger charge is -2.22. The minimum Gasteiger partial charge on any atom is -0.422 e. The topological polar surface area (TPSA) is 50.5 Å². The van der Waals surface area contributed by atoms with Crippen LogP contribution in [0.5, 0.6) is 0 Å². The maximum Gasteiger partial charge on any atom is 0.349 e. The summed E-state index contributed by atoms with van der Waals surface area (Å²) in [5.41, 5.74) is -0.203. The van der Waals surface area contributed by atoms with Gasteiger partial charge in [0, 0.05) is 29.6 Å². The highest BCUT2D eigenvalue weighted by Gasteiger charge is 2.35. The van der Waals surface area contributed by atoms with Gasteiger partial charge in [0.1, 0.15) is 22.8 Å². The summed E-state index contributed by atoms with van der Waals surface area (Å²) in [6, 6.07) is 11.6. The van der Waals surface area contributed by atoms with Crippen molar-refractivity contribution in [2.75, 3.05) is 0 Å². The third-order valence-electron chi connectivity index (χ3n) is 4.48. The lowest BCUT2D eigenvalue weighted by atomic mass is 10.1. The summed E-state index contributed by atoms with van der Waals surface area (Å²) < 4.78 is 32.3. The average Bonchev–Trinajstić information content (AvgIpc) is 3.45. The van der Waals surface area contributed by atoms with Crippen molar-refractivity contribution in [2.24, 2.45) is 0 Å². The third kappa shape index (κ3) is 3.10. The molecule has 0 unspecified atom stereocenters. The Morgan fingerprint density at radius 1 is 1.12 bits per heavy atom. The molecule has 0 N–H and O–H groups in total. The molecule has 0 saturated heterocycles. The number of hydrogen-bond donors (Lipinski definition) is 0. The second-order valence-electron chi connectivity index (χ2n) is 6.39. The molecule has 0 atom stereocenters. The molecule has 0 spiro atoms. The van der Waals surface area contributed by atoms with Crippen LogP contribution >= 0.6 is 0 Å². The molecule has 1 aliphatic carbocycles. The first-order valence-electron chi connectivity index (χ1n) is 8.31. The first kappa shape index (κ1) is 16.4. The molecule has 0 aliphatic heterocycles. The number of rotatable bonds is 4. The number of amides is 1. The van der Waals surface area contributed by atoms with E-state index in [9.17, 15) is 18.4 Å². The summed E-state index contributed by atoms with van der Waals surface area (Å²) >= 11 is 0. The standard InChI is InChI=1S/C20H15F2NO3/c21-14-6-5-13(17(22)10-14)11-23(15-7-8-15)19(24)16-9-12-3-1-2-4-18(12)26-20(16)25/h1-6,9-10,15H,7-8,11H2. The smallest absolute Gasteiger partial charge is 0.349 e. The third-order valence-corrected chi connectivity index (χ3v) is 4.48. The predicted molar refractivity (Wildman–Crippen MR) is 91.7 cm³/mol. The van der Waals surface area contributed by atoms with Gasteiger partial charge in [0.25, 0.3) is 5.91 Å². The molecule has 26 heavy (non-hydrogen) atoms. The van der Waals surface area contributed by atoms with Gasteiger partial charge in [0.15, 0.2) is 0 Å². The number of para-hydroxylation sites is 1. The van der Waals surface area contributed by atoms with Crippen molar-refractivity contribution in [3.8, 4) is 0 Å². The molecule has 4 nitrogen and oxygen atoms in total. The molecule has 3 aromatic rings. The van der Waals surface area contributed by atoms with Crippen LogP contribution in [0.3, 0.4) is 0 Å². The van der Waals surface area contributed by atoms with Crippen LogP contribution in [0, 0.1) is 11.6 Å². The quantitative estimate of drug-likeness (QED) is 0.668. The Hall–Kier alpha value is -3.02. The maximum atomic E-state index is 14.0. The maximum absolute atomic E-state index is 14.0. The van der Waals surface area contributed by atoms with Crippen molar-refractivity contribution in [3.05, 3.63) is 81.7 Å². The van der Waals surface area contributed by atoms with Crippen molar-refractivity contribution in [2.45, 2.75) is 25.4 Å². The zero-order chi connectivity index (χ0) is 18.3. The summed E-state index contributed by atoms with van der Waals surface area (Å²) in [7, 11) is 0. The normalized spacial score (nSPS) is 13.8. The van der Waals surface area contributed by atoms with Gasteiger partial charge in [-0.1, -0.05) is 24.3 Å². The van der Waals surface area contributed by atoms with Gasteiger partial charge in [-0.3, -0.25) is 4.79 Å². The number of fused-ring (bicyclic) bond motifs is 1. The number of benzene rings is 2. The van der Waals surface area contributed by atoms with Crippen LogP contribution in [0.25, 0.3) is 11.0 Å². The lowest BCUT2D eigenvalue weighted by Crippen LogP contribution is -2.35. The molecule has 1 heterocycles. The van der Waals surface area contributed by atoms with E-state index in [1.807, 2.05) is 0 Å². The first-order chi connectivity index (χ1) is 12.5. The monoisotopic (exact) mass is 355 g/mol. The van der Waals surface area contributed by atoms with Crippen LogP contribution in [0.4, 0.5) is 8.78 Å². The van der Waals surface area contributed by atoms with Gasteiger partial charge in [-0.2, -0.15) is 0 Å². The van der Waals surface area contributed by atoms with Gasteiger partial charge in [-0.15, -0.1) is 0 Å². The molecule has 4 rings (SSSR count). The van der Waals surface area contributed by atoms with Gasteiger partial charge in [0.05, 0.1) is 0 Å². The van der Waals surface area contributed by atoms with E-state index in [4.69, 9.17) is 4.42 Å². The fraction of sp³-hybridized carbons (Fsp3) is 0.200. The minimum atomic E-state index is -0.723. The zero-order valence-electron chi connectivity index (χ0n) is 13.7. The van der Waals surface area contributed by atoms with Gasteiger partial charge in [-0.25, -0.2) is 13.6 Å². The van der Waals surface area contributed by atoms with E-state index in [0.717, 1.165) is 25.0 Å². The highest BCUT2D eigenvalue weighted by Crippen LogP contribution is 2.30. The van der Waals surface area contributed by atoms with Gasteiger partial charge >= 0.3 is 5.63 Å². The summed E-state index contributed by atoms with van der Waals surface area (Å²) in [4.78, 5) is 26.6. The zero-order valence-corrected chi connectivity index (χ0v) is 13.7. The Labute approximate surface area is 147 Å². The molecule has 0 radical (unpaired) electrons. The summed E-state index contributed by atoms with van der Waals surface area (Å²) in [5, 5.41) is 0.638. The summed E-state index contributed by atoms with van der Waals surface area (Å²) in [5.74, 6) is -1.89. The summed E-state index contributed by atoms with van der Waals surface area (Å²) in [6.45, 7) is -0.0259. The fourth-order valence-electron chi connectivity index (χ4n) is 2.95. The van der Waals surface area contributed by atoms with Gasteiger partial charge in [-0.05, 0) is 31.0 Å². The first-order valence-corrected chi connectivity index (χ1v) is 8.31. The number of nitrogens with zero attached hydrogens (tertiary/aromatic N) is 1. The molecule has 2 aromatic carbocycles. The van der Waals surface area contributed by atoms with E-state index < -0.39 is 23.2 Å². The van der Waals surface area contributed by atoms with Crippen LogP contribution in [0.2, 0.25) is 0 Å². The van der Waals surface area contributed by atoms with Crippen LogP contribution in [0.1, 0.15) is 28.8 Å². The second kappa shape index (κ2) is 6.37. The van der Waals surface area contributed by atoms with E-state index in [1.165, 1.54) is 17.0 Å². The molecule has 1 amide bonds. The molecule has 1 saturated carbocycles. The molecule has 1 fully saturated rings. The molecule has 0 bridgehead atoms. The molecule has 1 aliphatic rings. The van der Waals surface area contributed by atoms with E-state index in [-0.39, 0.29) is 23.7 Å². The molecule has 132 valence electrons. The molecular formula is C20H15F2NO3. The van der Waals surface area contributed by atoms with E-state index >= 15 is 0 Å². The number of carbonyl (C=O) groups excluding carboxylic acids is 1. The van der Waals surface area contributed by atoms with Crippen molar-refractivity contribution in [3.63, 3.8) is 0 Å². The number of hydrogen-bond acceptors (Lipinski definition) is 3. The second-order valence-corrected chi connectivity index (χ2v) is 6.39. The Morgan fingerprint density at radius 3 is 2.62 bits per heavy atom. The van der Waals surface area contributed by atoms with Crippen molar-refractivity contribution in [1.29, 1.82) is 0 Å².